The van der Waals surface area contributed by atoms with Crippen molar-refractivity contribution in [2.45, 2.75) is 13.5 Å². The molecule has 2 aromatic rings. The van der Waals surface area contributed by atoms with Crippen LogP contribution in [0.25, 0.3) is 0 Å². The van der Waals surface area contributed by atoms with E-state index in [0.717, 1.165) is 11.4 Å². The molecule has 0 saturated carbocycles. The molecule has 1 unspecified atom stereocenters. The van der Waals surface area contributed by atoms with Gasteiger partial charge in [0.2, 0.25) is 0 Å². The highest BCUT2D eigenvalue weighted by Crippen LogP contribution is 2.27. The van der Waals surface area contributed by atoms with Crippen LogP contribution in [0.15, 0.2) is 42.5 Å². The van der Waals surface area contributed by atoms with Gasteiger partial charge in [0.1, 0.15) is 12.3 Å². The molecule has 4 nitrogen and oxygen atoms in total. The van der Waals surface area contributed by atoms with Gasteiger partial charge in [0.25, 0.3) is 5.91 Å². The van der Waals surface area contributed by atoms with Crippen LogP contribution in [0, 0.1) is 6.92 Å². The van der Waals surface area contributed by atoms with Crippen molar-refractivity contribution >= 4 is 23.2 Å². The van der Waals surface area contributed by atoms with Crippen molar-refractivity contribution in [1.29, 1.82) is 0 Å². The number of ether oxygens (including phenoxy) is 1. The Kier molecular flexibility index (Phi) is 6.02. The Labute approximate surface area is 142 Å². The molecular weight excluding hydrogens is 312 g/mol. The van der Waals surface area contributed by atoms with Gasteiger partial charge in [0.05, 0.1) is 19.8 Å². The number of benzene rings is 2. The van der Waals surface area contributed by atoms with Crippen molar-refractivity contribution in [3.63, 3.8) is 0 Å². The van der Waals surface area contributed by atoms with Crippen molar-refractivity contribution in [2.75, 3.05) is 26.0 Å². The van der Waals surface area contributed by atoms with Crippen molar-refractivity contribution in [2.24, 2.45) is 0 Å². The molecule has 0 aliphatic carbocycles. The van der Waals surface area contributed by atoms with E-state index in [-0.39, 0.29) is 5.91 Å². The van der Waals surface area contributed by atoms with Gasteiger partial charge in [-0.3, -0.25) is 4.79 Å². The lowest BCUT2D eigenvalue weighted by Crippen LogP contribution is -3.08. The Morgan fingerprint density at radius 1 is 1.26 bits per heavy atom. The molecule has 0 aromatic heterocycles. The van der Waals surface area contributed by atoms with Gasteiger partial charge >= 0.3 is 0 Å². The van der Waals surface area contributed by atoms with Crippen LogP contribution in [0.5, 0.6) is 5.75 Å². The first-order valence-electron chi connectivity index (χ1n) is 7.48. The van der Waals surface area contributed by atoms with Gasteiger partial charge in [-0.25, -0.2) is 0 Å². The molecule has 1 amide bonds. The quantitative estimate of drug-likeness (QED) is 0.852. The van der Waals surface area contributed by atoms with Gasteiger partial charge in [-0.05, 0) is 25.1 Å². The molecule has 0 aliphatic rings. The number of carbonyl (C=O) groups excluding carboxylic acids is 1. The molecule has 0 saturated heterocycles. The van der Waals surface area contributed by atoms with Crippen molar-refractivity contribution in [3.8, 4) is 5.75 Å². The molecule has 0 radical (unpaired) electrons. The second-order valence-corrected chi connectivity index (χ2v) is 6.13. The molecule has 0 spiro atoms. The minimum Gasteiger partial charge on any atom is -0.495 e. The van der Waals surface area contributed by atoms with Crippen molar-refractivity contribution < 1.29 is 14.4 Å². The number of anilines is 1. The van der Waals surface area contributed by atoms with Gasteiger partial charge < -0.3 is 15.0 Å². The fraction of sp³-hybridized carbons (Fsp3) is 0.278. The first-order chi connectivity index (χ1) is 11.0. The Morgan fingerprint density at radius 3 is 2.74 bits per heavy atom. The molecule has 0 bridgehead atoms. The third-order valence-corrected chi connectivity index (χ3v) is 3.72. The van der Waals surface area contributed by atoms with E-state index in [1.807, 2.05) is 13.1 Å². The number of rotatable bonds is 6. The number of hydrogen-bond donors (Lipinski definition) is 2. The summed E-state index contributed by atoms with van der Waals surface area (Å²) >= 11 is 5.97. The number of aryl methyl sites for hydroxylation is 1. The first kappa shape index (κ1) is 17.3. The van der Waals surface area contributed by atoms with E-state index in [2.05, 4.69) is 30.4 Å². The molecular formula is C18H22ClN2O2+. The fourth-order valence-electron chi connectivity index (χ4n) is 2.48. The lowest BCUT2D eigenvalue weighted by Gasteiger charge is -2.15. The monoisotopic (exact) mass is 333 g/mol. The van der Waals surface area contributed by atoms with Gasteiger partial charge in [0, 0.05) is 10.6 Å². The van der Waals surface area contributed by atoms with Crippen LogP contribution in [0.1, 0.15) is 11.1 Å². The van der Waals surface area contributed by atoms with Crippen LogP contribution in [0.4, 0.5) is 5.69 Å². The number of amides is 1. The highest BCUT2D eigenvalue weighted by atomic mass is 35.5. The standard InChI is InChI=1S/C18H21ClN2O2/c1-13-5-4-6-14(9-13)11-21(2)12-18(22)20-16-10-15(19)7-8-17(16)23-3/h4-10H,11-12H2,1-3H3,(H,20,22)/p+1. The number of halogens is 1. The van der Waals surface area contributed by atoms with E-state index >= 15 is 0 Å². The van der Waals surface area contributed by atoms with Gasteiger partial charge in [-0.15, -0.1) is 0 Å². The van der Waals surface area contributed by atoms with Gasteiger partial charge in [-0.2, -0.15) is 0 Å². The third kappa shape index (κ3) is 5.27. The molecule has 1 atom stereocenters. The van der Waals surface area contributed by atoms with Gasteiger partial charge in [0.15, 0.2) is 6.54 Å². The normalized spacial score (nSPS) is 11.8. The molecule has 2 aromatic carbocycles. The molecule has 0 fully saturated rings. The minimum atomic E-state index is -0.0734. The molecule has 0 aliphatic heterocycles. The first-order valence-corrected chi connectivity index (χ1v) is 7.86. The van der Waals surface area contributed by atoms with Crippen LogP contribution in [-0.2, 0) is 11.3 Å². The number of carbonyl (C=O) groups is 1. The number of likely N-dealkylation sites (N-methyl/N-ethyl adjacent to an activating group) is 1. The lowest BCUT2D eigenvalue weighted by atomic mass is 10.1. The summed E-state index contributed by atoms with van der Waals surface area (Å²) in [7, 11) is 3.56. The molecule has 0 heterocycles. The summed E-state index contributed by atoms with van der Waals surface area (Å²) in [6, 6.07) is 13.5. The fourth-order valence-corrected chi connectivity index (χ4v) is 2.65. The lowest BCUT2D eigenvalue weighted by molar-refractivity contribution is -0.885. The number of quaternary nitrogens is 1. The average Bonchev–Trinajstić information content (AvgIpc) is 2.47. The van der Waals surface area contributed by atoms with E-state index in [0.29, 0.717) is 23.0 Å². The van der Waals surface area contributed by atoms with Crippen LogP contribution in [0.3, 0.4) is 0 Å². The maximum atomic E-state index is 12.2. The zero-order valence-electron chi connectivity index (χ0n) is 13.7. The number of hydrogen-bond acceptors (Lipinski definition) is 2. The largest absolute Gasteiger partial charge is 0.495 e. The van der Waals surface area contributed by atoms with Crippen molar-refractivity contribution in [1.82, 2.24) is 0 Å². The zero-order valence-corrected chi connectivity index (χ0v) is 14.4. The number of methoxy groups -OCH3 is 1. The topological polar surface area (TPSA) is 42.8 Å². The highest BCUT2D eigenvalue weighted by Gasteiger charge is 2.13. The second kappa shape index (κ2) is 7.99. The Morgan fingerprint density at radius 2 is 2.04 bits per heavy atom. The zero-order chi connectivity index (χ0) is 16.8. The van der Waals surface area contributed by atoms with Crippen LogP contribution in [-0.4, -0.2) is 26.6 Å². The predicted octanol–water partition coefficient (Wildman–Crippen LogP) is 2.31. The molecule has 2 rings (SSSR count). The van der Waals surface area contributed by atoms with E-state index in [4.69, 9.17) is 16.3 Å². The van der Waals surface area contributed by atoms with E-state index < -0.39 is 0 Å². The Bertz CT molecular complexity index is 688. The van der Waals surface area contributed by atoms with Crippen molar-refractivity contribution in [3.05, 3.63) is 58.6 Å². The van der Waals surface area contributed by atoms with Crippen LogP contribution < -0.4 is 15.0 Å². The smallest absolute Gasteiger partial charge is 0.279 e. The molecule has 5 heteroatoms. The maximum Gasteiger partial charge on any atom is 0.279 e. The molecule has 122 valence electrons. The minimum absolute atomic E-state index is 0.0734. The maximum absolute atomic E-state index is 12.2. The summed E-state index contributed by atoms with van der Waals surface area (Å²) in [5.41, 5.74) is 3.03. The van der Waals surface area contributed by atoms with E-state index in [1.165, 1.54) is 11.1 Å². The summed E-state index contributed by atoms with van der Waals surface area (Å²) in [4.78, 5) is 13.3. The summed E-state index contributed by atoms with van der Waals surface area (Å²) in [5, 5.41) is 3.42. The van der Waals surface area contributed by atoms with Crippen LogP contribution >= 0.6 is 11.6 Å². The van der Waals surface area contributed by atoms with E-state index in [9.17, 15) is 4.79 Å². The summed E-state index contributed by atoms with van der Waals surface area (Å²) in [6.45, 7) is 3.22. The van der Waals surface area contributed by atoms with E-state index in [1.54, 1.807) is 25.3 Å². The summed E-state index contributed by atoms with van der Waals surface area (Å²) in [5.74, 6) is 0.523. The summed E-state index contributed by atoms with van der Waals surface area (Å²) in [6.07, 6.45) is 0. The highest BCUT2D eigenvalue weighted by molar-refractivity contribution is 6.31. The Balaban J connectivity index is 1.95. The SMILES string of the molecule is COc1ccc(Cl)cc1NC(=O)C[NH+](C)Cc1cccc(C)c1. The van der Waals surface area contributed by atoms with Gasteiger partial charge in [-0.1, -0.05) is 41.4 Å². The molecule has 2 N–H and O–H groups in total. The predicted molar refractivity (Wildman–Crippen MR) is 93.3 cm³/mol. The second-order valence-electron chi connectivity index (χ2n) is 5.69. The van der Waals surface area contributed by atoms with Crippen LogP contribution in [0.2, 0.25) is 5.02 Å². The number of nitrogens with one attached hydrogen (secondary N) is 2. The average molecular weight is 334 g/mol. The molecule has 23 heavy (non-hydrogen) atoms. The Hall–Kier alpha value is -2.04. The third-order valence-electron chi connectivity index (χ3n) is 3.49. The summed E-state index contributed by atoms with van der Waals surface area (Å²) < 4.78 is 5.23.